The number of carboxylic acid groups (broad SMARTS) is 1. The Labute approximate surface area is 170 Å². The standard InChI is InChI=1S/C23H27NO5/c1-17(21(25)26)15-18-7-9-20(10-8-18)24-22(27)23(11-13-28-14-12-23)29-16-19-5-3-2-4-6-19/h2-10,17H,11-16H2,1H3,(H,24,27)(H,25,26). The minimum absolute atomic E-state index is 0.177. The molecule has 3 rings (SSSR count). The molecule has 6 heteroatoms. The smallest absolute Gasteiger partial charge is 0.306 e. The number of benzene rings is 2. The second-order valence-electron chi connectivity index (χ2n) is 7.48. The molecule has 0 saturated carbocycles. The zero-order chi connectivity index (χ0) is 20.7. The quantitative estimate of drug-likeness (QED) is 0.710. The molecule has 1 fully saturated rings. The van der Waals surface area contributed by atoms with Gasteiger partial charge in [0, 0.05) is 31.7 Å². The number of hydrogen-bond acceptors (Lipinski definition) is 4. The van der Waals surface area contributed by atoms with Crippen LogP contribution in [-0.2, 0) is 32.1 Å². The Hall–Kier alpha value is -2.70. The van der Waals surface area contributed by atoms with Crippen molar-refractivity contribution in [2.24, 2.45) is 5.92 Å². The molecule has 2 N–H and O–H groups in total. The number of ether oxygens (including phenoxy) is 2. The van der Waals surface area contributed by atoms with Crippen LogP contribution in [0.3, 0.4) is 0 Å². The van der Waals surface area contributed by atoms with Crippen molar-refractivity contribution in [1.82, 2.24) is 0 Å². The average molecular weight is 397 g/mol. The van der Waals surface area contributed by atoms with Crippen LogP contribution in [0.1, 0.15) is 30.9 Å². The van der Waals surface area contributed by atoms with Gasteiger partial charge in [-0.2, -0.15) is 0 Å². The maximum absolute atomic E-state index is 13.1. The van der Waals surface area contributed by atoms with Gasteiger partial charge in [0.15, 0.2) is 5.60 Å². The zero-order valence-corrected chi connectivity index (χ0v) is 16.6. The predicted molar refractivity (Wildman–Crippen MR) is 110 cm³/mol. The molecule has 1 atom stereocenters. The highest BCUT2D eigenvalue weighted by molar-refractivity contribution is 5.97. The summed E-state index contributed by atoms with van der Waals surface area (Å²) in [6, 6.07) is 17.1. The molecule has 6 nitrogen and oxygen atoms in total. The van der Waals surface area contributed by atoms with Crippen LogP contribution in [0.25, 0.3) is 0 Å². The lowest BCUT2D eigenvalue weighted by Gasteiger charge is -2.35. The highest BCUT2D eigenvalue weighted by atomic mass is 16.5. The molecule has 1 heterocycles. The Kier molecular flexibility index (Phi) is 7.01. The van der Waals surface area contributed by atoms with Crippen molar-refractivity contribution in [2.45, 2.75) is 38.4 Å². The van der Waals surface area contributed by atoms with Gasteiger partial charge in [-0.1, -0.05) is 49.4 Å². The third-order valence-electron chi connectivity index (χ3n) is 5.25. The highest BCUT2D eigenvalue weighted by Crippen LogP contribution is 2.28. The van der Waals surface area contributed by atoms with Crippen molar-refractivity contribution >= 4 is 17.6 Å². The van der Waals surface area contributed by atoms with Crippen LogP contribution in [0, 0.1) is 5.92 Å². The molecule has 1 amide bonds. The Bertz CT molecular complexity index is 813. The van der Waals surface area contributed by atoms with Crippen LogP contribution in [0.2, 0.25) is 0 Å². The first-order chi connectivity index (χ1) is 14.0. The molecule has 0 spiro atoms. The van der Waals surface area contributed by atoms with Crippen molar-refractivity contribution < 1.29 is 24.2 Å². The van der Waals surface area contributed by atoms with Crippen LogP contribution in [0.15, 0.2) is 54.6 Å². The van der Waals surface area contributed by atoms with E-state index in [2.05, 4.69) is 5.32 Å². The molecular formula is C23H27NO5. The van der Waals surface area contributed by atoms with Gasteiger partial charge in [-0.25, -0.2) is 0 Å². The summed E-state index contributed by atoms with van der Waals surface area (Å²) >= 11 is 0. The SMILES string of the molecule is CC(Cc1ccc(NC(=O)C2(OCc3ccccc3)CCOCC2)cc1)C(=O)O. The molecule has 1 aliphatic heterocycles. The fraction of sp³-hybridized carbons (Fsp3) is 0.391. The molecule has 2 aromatic rings. The van der Waals surface area contributed by atoms with E-state index in [4.69, 9.17) is 14.6 Å². The number of carbonyl (C=O) groups is 2. The molecule has 154 valence electrons. The van der Waals surface area contributed by atoms with E-state index < -0.39 is 17.5 Å². The number of anilines is 1. The number of amides is 1. The van der Waals surface area contributed by atoms with Crippen LogP contribution < -0.4 is 5.32 Å². The van der Waals surface area contributed by atoms with E-state index in [-0.39, 0.29) is 5.91 Å². The zero-order valence-electron chi connectivity index (χ0n) is 16.6. The molecule has 0 bridgehead atoms. The number of nitrogens with one attached hydrogen (secondary N) is 1. The number of aliphatic carboxylic acids is 1. The number of hydrogen-bond donors (Lipinski definition) is 2. The monoisotopic (exact) mass is 397 g/mol. The molecule has 0 radical (unpaired) electrons. The first-order valence-corrected chi connectivity index (χ1v) is 9.87. The summed E-state index contributed by atoms with van der Waals surface area (Å²) in [5.74, 6) is -1.45. The normalized spacial score (nSPS) is 16.7. The van der Waals surface area contributed by atoms with Gasteiger partial charge in [0.05, 0.1) is 12.5 Å². The third-order valence-corrected chi connectivity index (χ3v) is 5.25. The fourth-order valence-electron chi connectivity index (χ4n) is 3.34. The average Bonchev–Trinajstić information content (AvgIpc) is 2.75. The lowest BCUT2D eigenvalue weighted by molar-refractivity contribution is -0.158. The number of carbonyl (C=O) groups excluding carboxylic acids is 1. The Balaban J connectivity index is 1.66. The Morgan fingerprint density at radius 3 is 2.34 bits per heavy atom. The van der Waals surface area contributed by atoms with Crippen LogP contribution in [0.4, 0.5) is 5.69 Å². The second kappa shape index (κ2) is 9.67. The van der Waals surface area contributed by atoms with Gasteiger partial charge < -0.3 is 19.9 Å². The third kappa shape index (κ3) is 5.65. The molecule has 2 aromatic carbocycles. The van der Waals surface area contributed by atoms with Crippen LogP contribution >= 0.6 is 0 Å². The van der Waals surface area contributed by atoms with Crippen molar-refractivity contribution in [3.05, 3.63) is 65.7 Å². The number of carboxylic acids is 1. The number of rotatable bonds is 8. The molecule has 0 aliphatic carbocycles. The van der Waals surface area contributed by atoms with Crippen LogP contribution in [0.5, 0.6) is 0 Å². The molecular weight excluding hydrogens is 370 g/mol. The fourth-order valence-corrected chi connectivity index (χ4v) is 3.34. The summed E-state index contributed by atoms with van der Waals surface area (Å²) in [6.07, 6.45) is 1.45. The molecule has 1 unspecified atom stereocenters. The summed E-state index contributed by atoms with van der Waals surface area (Å²) in [5, 5.41) is 12.0. The molecule has 1 saturated heterocycles. The van der Waals surface area contributed by atoms with E-state index >= 15 is 0 Å². The van der Waals surface area contributed by atoms with E-state index in [1.165, 1.54) is 0 Å². The molecule has 0 aromatic heterocycles. The van der Waals surface area contributed by atoms with Crippen LogP contribution in [-0.4, -0.2) is 35.8 Å². The van der Waals surface area contributed by atoms with Gasteiger partial charge in [0.2, 0.25) is 0 Å². The first kappa shape index (κ1) is 21.0. The summed E-state index contributed by atoms with van der Waals surface area (Å²) in [6.45, 7) is 3.00. The van der Waals surface area contributed by atoms with E-state index in [1.54, 1.807) is 19.1 Å². The second-order valence-corrected chi connectivity index (χ2v) is 7.48. The predicted octanol–water partition coefficient (Wildman–Crippen LogP) is 3.65. The highest BCUT2D eigenvalue weighted by Gasteiger charge is 2.41. The lowest BCUT2D eigenvalue weighted by atomic mass is 9.92. The minimum Gasteiger partial charge on any atom is -0.481 e. The summed E-state index contributed by atoms with van der Waals surface area (Å²) in [7, 11) is 0. The Morgan fingerprint density at radius 2 is 1.72 bits per heavy atom. The largest absolute Gasteiger partial charge is 0.481 e. The van der Waals surface area contributed by atoms with E-state index in [9.17, 15) is 9.59 Å². The molecule has 1 aliphatic rings. The van der Waals surface area contributed by atoms with E-state index in [0.717, 1.165) is 11.1 Å². The summed E-state index contributed by atoms with van der Waals surface area (Å²) < 4.78 is 11.6. The van der Waals surface area contributed by atoms with Crippen molar-refractivity contribution in [1.29, 1.82) is 0 Å². The minimum atomic E-state index is -0.926. The summed E-state index contributed by atoms with van der Waals surface area (Å²) in [5.41, 5.74) is 1.67. The first-order valence-electron chi connectivity index (χ1n) is 9.87. The molecule has 29 heavy (non-hydrogen) atoms. The van der Waals surface area contributed by atoms with E-state index in [1.807, 2.05) is 42.5 Å². The topological polar surface area (TPSA) is 84.9 Å². The van der Waals surface area contributed by atoms with Crippen molar-refractivity contribution in [2.75, 3.05) is 18.5 Å². The van der Waals surface area contributed by atoms with Gasteiger partial charge in [0.25, 0.3) is 5.91 Å². The van der Waals surface area contributed by atoms with Crippen molar-refractivity contribution in [3.8, 4) is 0 Å². The van der Waals surface area contributed by atoms with Gasteiger partial charge in [-0.3, -0.25) is 9.59 Å². The van der Waals surface area contributed by atoms with Crippen molar-refractivity contribution in [3.63, 3.8) is 0 Å². The van der Waals surface area contributed by atoms with Gasteiger partial charge in [-0.15, -0.1) is 0 Å². The van der Waals surface area contributed by atoms with E-state index in [0.29, 0.717) is 44.8 Å². The maximum Gasteiger partial charge on any atom is 0.306 e. The van der Waals surface area contributed by atoms with Gasteiger partial charge >= 0.3 is 5.97 Å². The Morgan fingerprint density at radius 1 is 1.07 bits per heavy atom. The lowest BCUT2D eigenvalue weighted by Crippen LogP contribution is -2.49. The van der Waals surface area contributed by atoms with Gasteiger partial charge in [0.1, 0.15) is 0 Å². The maximum atomic E-state index is 13.1. The summed E-state index contributed by atoms with van der Waals surface area (Å²) in [4.78, 5) is 24.1. The van der Waals surface area contributed by atoms with Gasteiger partial charge in [-0.05, 0) is 29.7 Å².